The van der Waals surface area contributed by atoms with E-state index < -0.39 is 47.7 Å². The van der Waals surface area contributed by atoms with Gasteiger partial charge in [-0.1, -0.05) is 13.8 Å². The number of hydrogen-bond donors (Lipinski definition) is 9. The van der Waals surface area contributed by atoms with Gasteiger partial charge in [0.2, 0.25) is 0 Å². The second-order valence-electron chi connectivity index (χ2n) is 10.5. The van der Waals surface area contributed by atoms with Crippen molar-refractivity contribution in [1.29, 1.82) is 0 Å². The van der Waals surface area contributed by atoms with Crippen molar-refractivity contribution in [3.63, 3.8) is 0 Å². The molecule has 0 fully saturated rings. The molecule has 44 heavy (non-hydrogen) atoms. The molecule has 0 aliphatic rings. The van der Waals surface area contributed by atoms with Crippen LogP contribution in [0.1, 0.15) is 83.0 Å². The van der Waals surface area contributed by atoms with Gasteiger partial charge in [-0.25, -0.2) is 9.97 Å². The molecule has 2 aromatic heterocycles. The third kappa shape index (κ3) is 11.1. The van der Waals surface area contributed by atoms with Crippen molar-refractivity contribution < 1.29 is 33.9 Å². The molecule has 244 valence electrons. The topological polar surface area (TPSA) is 266 Å². The number of nitrogens with two attached hydrogens (primary N) is 1. The number of nitrogens with one attached hydrogen (secondary N) is 7. The smallest absolute Gasteiger partial charge is 0.325 e. The van der Waals surface area contributed by atoms with Crippen LogP contribution in [0.15, 0.2) is 12.7 Å². The molecule has 0 radical (unpaired) electrons. The van der Waals surface area contributed by atoms with Gasteiger partial charge in [-0.2, -0.15) is 0 Å². The molecule has 17 nitrogen and oxygen atoms in total. The van der Waals surface area contributed by atoms with Gasteiger partial charge in [0.05, 0.1) is 25.2 Å². The molecule has 4 atom stereocenters. The Morgan fingerprint density at radius 2 is 1.30 bits per heavy atom. The number of aliphatic carboxylic acids is 1. The van der Waals surface area contributed by atoms with Crippen molar-refractivity contribution in [3.05, 3.63) is 35.4 Å². The van der Waals surface area contributed by atoms with E-state index in [9.17, 15) is 28.8 Å². The monoisotopic (exact) mass is 640 g/mol. The second kappa shape index (κ2) is 17.7. The Hall–Kier alpha value is -4.35. The zero-order valence-corrected chi connectivity index (χ0v) is 26.0. The number of aromatic amines is 2. The first-order valence-corrected chi connectivity index (χ1v) is 13.7. The molecule has 2 heterocycles. The van der Waals surface area contributed by atoms with Crippen molar-refractivity contribution in [3.8, 4) is 0 Å². The molecule has 18 heteroatoms. The minimum absolute atomic E-state index is 0. The average Bonchev–Trinajstić information content (AvgIpc) is 3.62. The predicted octanol–water partition coefficient (Wildman–Crippen LogP) is -1.04. The Morgan fingerprint density at radius 3 is 1.77 bits per heavy atom. The minimum atomic E-state index is -1.24. The van der Waals surface area contributed by atoms with E-state index in [4.69, 9.17) is 10.8 Å². The lowest BCUT2D eigenvalue weighted by atomic mass is 10.0. The van der Waals surface area contributed by atoms with E-state index in [1.165, 1.54) is 20.2 Å². The Labute approximate surface area is 260 Å². The second-order valence-corrected chi connectivity index (χ2v) is 10.5. The van der Waals surface area contributed by atoms with Crippen LogP contribution in [0.3, 0.4) is 0 Å². The molecule has 0 aliphatic heterocycles. The molecule has 0 saturated heterocycles. The molecule has 10 N–H and O–H groups in total. The van der Waals surface area contributed by atoms with Crippen LogP contribution in [0, 0.1) is 5.92 Å². The van der Waals surface area contributed by atoms with Crippen LogP contribution in [-0.2, 0) is 9.59 Å². The molecular weight excluding hydrogens is 600 g/mol. The maximum Gasteiger partial charge on any atom is 0.325 e. The number of carboxylic acids is 1. The maximum absolute atomic E-state index is 12.8. The number of carboxylic acid groups (broad SMARTS) is 1. The molecule has 0 saturated carbocycles. The highest BCUT2D eigenvalue weighted by Crippen LogP contribution is 2.08. The quantitative estimate of drug-likeness (QED) is 0.101. The highest BCUT2D eigenvalue weighted by molar-refractivity contribution is 6.06. The first kappa shape index (κ1) is 37.7. The van der Waals surface area contributed by atoms with Crippen molar-refractivity contribution in [1.82, 2.24) is 46.5 Å². The van der Waals surface area contributed by atoms with E-state index in [0.717, 1.165) is 6.33 Å². The largest absolute Gasteiger partial charge is 0.480 e. The molecule has 0 spiro atoms. The van der Waals surface area contributed by atoms with Gasteiger partial charge >= 0.3 is 5.97 Å². The summed E-state index contributed by atoms with van der Waals surface area (Å²) in [6.07, 6.45) is 3.00. The molecule has 2 aromatic rings. The van der Waals surface area contributed by atoms with E-state index in [1.54, 1.807) is 6.92 Å². The van der Waals surface area contributed by atoms with Gasteiger partial charge in [0.15, 0.2) is 17.2 Å². The van der Waals surface area contributed by atoms with E-state index >= 15 is 0 Å². The molecule has 0 unspecified atom stereocenters. The zero-order chi connectivity index (χ0) is 32.3. The molecule has 4 amide bonds. The lowest BCUT2D eigenvalue weighted by Gasteiger charge is -2.19. The number of hydrogen-bond acceptors (Lipinski definition) is 10. The predicted molar refractivity (Wildman–Crippen MR) is 160 cm³/mol. The Morgan fingerprint density at radius 1 is 0.795 bits per heavy atom. The van der Waals surface area contributed by atoms with Crippen molar-refractivity contribution in [2.75, 3.05) is 19.6 Å². The molecular formula is C26H41ClN10O7. The van der Waals surface area contributed by atoms with Crippen molar-refractivity contribution in [2.24, 2.45) is 11.7 Å². The minimum Gasteiger partial charge on any atom is -0.480 e. The maximum atomic E-state index is 12.8. The van der Waals surface area contributed by atoms with Crippen LogP contribution in [-0.4, -0.2) is 104 Å². The lowest BCUT2D eigenvalue weighted by molar-refractivity contribution is -0.138. The van der Waals surface area contributed by atoms with Gasteiger partial charge in [0.25, 0.3) is 23.6 Å². The third-order valence-electron chi connectivity index (χ3n) is 6.21. The Bertz CT molecular complexity index is 1310. The fourth-order valence-electron chi connectivity index (χ4n) is 3.90. The Kier molecular flexibility index (Phi) is 15.1. The zero-order valence-electron chi connectivity index (χ0n) is 25.1. The van der Waals surface area contributed by atoms with Gasteiger partial charge in [0.1, 0.15) is 17.4 Å². The summed E-state index contributed by atoms with van der Waals surface area (Å²) >= 11 is 0. The molecule has 2 rings (SSSR count). The van der Waals surface area contributed by atoms with Crippen LogP contribution in [0.2, 0.25) is 0 Å². The number of ketones is 1. The number of amides is 4. The summed E-state index contributed by atoms with van der Waals surface area (Å²) in [4.78, 5) is 86.9. The summed E-state index contributed by atoms with van der Waals surface area (Å²) in [5.74, 6) is -4.04. The molecule has 0 bridgehead atoms. The number of carbonyl (C=O) groups is 6. The fourth-order valence-corrected chi connectivity index (χ4v) is 3.90. The number of nitrogens with zero attached hydrogens (tertiary/aromatic N) is 2. The van der Waals surface area contributed by atoms with Gasteiger partial charge in [-0.3, -0.25) is 28.8 Å². The number of imidazole rings is 2. The normalized spacial score (nSPS) is 13.5. The number of H-pyrrole nitrogens is 2. The van der Waals surface area contributed by atoms with Crippen LogP contribution in [0.4, 0.5) is 0 Å². The summed E-state index contributed by atoms with van der Waals surface area (Å²) in [5, 5.41) is 22.0. The fraction of sp³-hybridized carbons (Fsp3) is 0.538. The van der Waals surface area contributed by atoms with Gasteiger partial charge < -0.3 is 47.4 Å². The van der Waals surface area contributed by atoms with E-state index in [-0.39, 0.29) is 66.6 Å². The highest BCUT2D eigenvalue weighted by Gasteiger charge is 2.26. The first-order valence-electron chi connectivity index (χ1n) is 13.7. The van der Waals surface area contributed by atoms with Crippen molar-refractivity contribution in [2.45, 2.75) is 65.2 Å². The lowest BCUT2D eigenvalue weighted by Crippen LogP contribution is -2.46. The first-order chi connectivity index (χ1) is 20.2. The number of Topliss-reactive ketones (excluding diaryl/α,β-unsaturated/α-hetero) is 1. The van der Waals surface area contributed by atoms with E-state index in [0.29, 0.717) is 12.3 Å². The van der Waals surface area contributed by atoms with Gasteiger partial charge in [-0.05, 0) is 33.1 Å². The summed E-state index contributed by atoms with van der Waals surface area (Å²) in [6, 6.07) is -2.88. The molecule has 0 aliphatic carbocycles. The summed E-state index contributed by atoms with van der Waals surface area (Å²) < 4.78 is 0. The number of halogens is 1. The van der Waals surface area contributed by atoms with E-state index in [2.05, 4.69) is 46.5 Å². The summed E-state index contributed by atoms with van der Waals surface area (Å²) in [7, 11) is 0. The third-order valence-corrected chi connectivity index (χ3v) is 6.21. The average molecular weight is 641 g/mol. The van der Waals surface area contributed by atoms with E-state index in [1.807, 2.05) is 13.8 Å². The van der Waals surface area contributed by atoms with Crippen LogP contribution < -0.4 is 32.3 Å². The molecule has 0 aromatic carbocycles. The number of rotatable bonds is 17. The van der Waals surface area contributed by atoms with Crippen LogP contribution >= 0.6 is 12.4 Å². The Balaban J connectivity index is 0.00000968. The van der Waals surface area contributed by atoms with Gasteiger partial charge in [0, 0.05) is 25.2 Å². The van der Waals surface area contributed by atoms with Crippen molar-refractivity contribution >= 4 is 47.8 Å². The van der Waals surface area contributed by atoms with Crippen LogP contribution in [0.5, 0.6) is 0 Å². The summed E-state index contributed by atoms with van der Waals surface area (Å²) in [5.41, 5.74) is 5.12. The number of aromatic nitrogens is 4. The van der Waals surface area contributed by atoms with Gasteiger partial charge in [-0.15, -0.1) is 12.4 Å². The SMILES string of the molecule is CC(C)C[C@@H](CN)NC(=O)c1nc[nH]c1C(=O)N[C@@H](C)C(=O)CNC[C@H](C)NC(=O)c1nc[nH]c1C(=O)N[C@@H](C)C(=O)O.Cl. The highest BCUT2D eigenvalue weighted by atomic mass is 35.5. The van der Waals surface area contributed by atoms with Crippen LogP contribution in [0.25, 0.3) is 0 Å². The number of carbonyl (C=O) groups excluding carboxylic acids is 5. The summed E-state index contributed by atoms with van der Waals surface area (Å²) in [6.45, 7) is 8.66. The standard InChI is InChI=1S/C26H40N10O7.ClH/c1-12(2)6-16(7-27)36-25(41)21-20(31-11-32-21)23(39)34-14(4)17(37)9-28-8-13(3)33-22(38)18-19(30-10-29-18)24(40)35-15(5)26(42)43;/h10-16,28H,6-9,27H2,1-5H3,(H,29,30)(H,31,32)(H,33,38)(H,34,39)(H,35,40)(H,36,41)(H,42,43);1H/t13-,14-,15-,16-;/m0./s1.